The Balaban J connectivity index is 1.14. The van der Waals surface area contributed by atoms with Crippen molar-refractivity contribution in [2.45, 2.75) is 6.54 Å². The minimum Gasteiger partial charge on any atom is -0.369 e. The normalized spacial score (nSPS) is 19.1. The van der Waals surface area contributed by atoms with Gasteiger partial charge in [-0.15, -0.1) is 0 Å². The van der Waals surface area contributed by atoms with Gasteiger partial charge in [-0.1, -0.05) is 5.16 Å². The first-order valence-corrected chi connectivity index (χ1v) is 11.0. The molecule has 3 heterocycles. The fourth-order valence-electron chi connectivity index (χ4n) is 4.21. The van der Waals surface area contributed by atoms with Gasteiger partial charge >= 0.3 is 0 Å². The second-order valence-electron chi connectivity index (χ2n) is 8.03. The van der Waals surface area contributed by atoms with E-state index >= 15 is 0 Å². The van der Waals surface area contributed by atoms with Gasteiger partial charge in [-0.3, -0.25) is 14.8 Å². The zero-order valence-corrected chi connectivity index (χ0v) is 18.2. The van der Waals surface area contributed by atoms with Crippen LogP contribution in [0.5, 0.6) is 0 Å². The van der Waals surface area contributed by atoms with Gasteiger partial charge in [-0.25, -0.2) is 4.39 Å². The third-order valence-corrected chi connectivity index (χ3v) is 6.04. The molecule has 168 valence electrons. The molecule has 0 amide bonds. The summed E-state index contributed by atoms with van der Waals surface area (Å²) in [7, 11) is 1.85. The number of hydrogen-bond acceptors (Lipinski definition) is 6. The number of nitrogens with one attached hydrogen (secondary N) is 1. The molecule has 0 unspecified atom stereocenters. The van der Waals surface area contributed by atoms with Crippen LogP contribution in [0, 0.1) is 5.82 Å². The Labute approximate surface area is 183 Å². The molecule has 1 aromatic carbocycles. The van der Waals surface area contributed by atoms with Gasteiger partial charge in [0.15, 0.2) is 5.96 Å². The van der Waals surface area contributed by atoms with Crippen LogP contribution in [-0.4, -0.2) is 98.3 Å². The summed E-state index contributed by atoms with van der Waals surface area (Å²) in [5.41, 5.74) is 2.08. The minimum absolute atomic E-state index is 0.182. The maximum atomic E-state index is 13.1. The molecule has 2 fully saturated rings. The zero-order valence-electron chi connectivity index (χ0n) is 18.2. The van der Waals surface area contributed by atoms with Crippen molar-refractivity contribution in [2.24, 2.45) is 4.99 Å². The number of rotatable bonds is 6. The van der Waals surface area contributed by atoms with E-state index in [0.717, 1.165) is 89.3 Å². The summed E-state index contributed by atoms with van der Waals surface area (Å²) in [6.07, 6.45) is 1.63. The molecule has 4 rings (SSSR count). The number of piperazine rings is 2. The van der Waals surface area contributed by atoms with E-state index in [4.69, 9.17) is 4.52 Å². The van der Waals surface area contributed by atoms with E-state index in [2.05, 4.69) is 35.1 Å². The Hall–Kier alpha value is -2.65. The number of anilines is 1. The molecular formula is C22H32FN7O. The van der Waals surface area contributed by atoms with Crippen molar-refractivity contribution in [3.8, 4) is 0 Å². The van der Waals surface area contributed by atoms with Crippen LogP contribution < -0.4 is 10.2 Å². The van der Waals surface area contributed by atoms with Gasteiger partial charge in [0.2, 0.25) is 0 Å². The van der Waals surface area contributed by atoms with E-state index in [0.29, 0.717) is 0 Å². The molecule has 1 aromatic heterocycles. The van der Waals surface area contributed by atoms with Crippen LogP contribution in [0.4, 0.5) is 10.1 Å². The first kappa shape index (κ1) is 21.6. The van der Waals surface area contributed by atoms with Crippen molar-refractivity contribution >= 4 is 11.6 Å². The van der Waals surface area contributed by atoms with E-state index in [9.17, 15) is 4.39 Å². The number of guanidine groups is 1. The zero-order chi connectivity index (χ0) is 21.5. The van der Waals surface area contributed by atoms with Crippen molar-refractivity contribution in [3.05, 3.63) is 48.1 Å². The molecule has 31 heavy (non-hydrogen) atoms. The molecule has 8 nitrogen and oxygen atoms in total. The number of aliphatic imine (C=N–C) groups is 1. The Morgan fingerprint density at radius 1 is 1.00 bits per heavy atom. The predicted molar refractivity (Wildman–Crippen MR) is 120 cm³/mol. The van der Waals surface area contributed by atoms with Crippen molar-refractivity contribution in [1.29, 1.82) is 0 Å². The molecule has 2 aliphatic rings. The number of benzene rings is 1. The van der Waals surface area contributed by atoms with E-state index in [1.807, 2.05) is 25.2 Å². The average molecular weight is 430 g/mol. The third-order valence-electron chi connectivity index (χ3n) is 6.04. The lowest BCUT2D eigenvalue weighted by Gasteiger charge is -2.37. The van der Waals surface area contributed by atoms with Crippen LogP contribution in [0.2, 0.25) is 0 Å². The second-order valence-corrected chi connectivity index (χ2v) is 8.03. The Bertz CT molecular complexity index is 811. The van der Waals surface area contributed by atoms with Gasteiger partial charge in [0.05, 0.1) is 5.69 Å². The maximum Gasteiger partial charge on any atom is 0.193 e. The smallest absolute Gasteiger partial charge is 0.193 e. The van der Waals surface area contributed by atoms with Crippen molar-refractivity contribution in [1.82, 2.24) is 25.2 Å². The quantitative estimate of drug-likeness (QED) is 0.549. The standard InChI is InChI=1S/C22H32FN7O/c1-24-22(30-15-11-28(12-16-30)18-20-6-17-31-26-20)25-7-8-27-9-13-29(14-10-27)21-4-2-19(23)3-5-21/h2-6,17H,7-16,18H2,1H3,(H,24,25). The lowest BCUT2D eigenvalue weighted by molar-refractivity contribution is 0.168. The van der Waals surface area contributed by atoms with Crippen LogP contribution in [0.3, 0.4) is 0 Å². The van der Waals surface area contributed by atoms with Gasteiger partial charge in [0.25, 0.3) is 0 Å². The first-order valence-electron chi connectivity index (χ1n) is 11.0. The summed E-state index contributed by atoms with van der Waals surface area (Å²) in [6.45, 7) is 10.5. The summed E-state index contributed by atoms with van der Waals surface area (Å²) in [6, 6.07) is 8.72. The lowest BCUT2D eigenvalue weighted by Crippen LogP contribution is -2.53. The van der Waals surface area contributed by atoms with E-state index in [1.54, 1.807) is 6.26 Å². The van der Waals surface area contributed by atoms with Crippen molar-refractivity contribution < 1.29 is 8.91 Å². The number of aromatic nitrogens is 1. The van der Waals surface area contributed by atoms with Crippen LogP contribution in [0.25, 0.3) is 0 Å². The molecule has 0 radical (unpaired) electrons. The first-order chi connectivity index (χ1) is 15.2. The molecule has 9 heteroatoms. The highest BCUT2D eigenvalue weighted by molar-refractivity contribution is 5.80. The van der Waals surface area contributed by atoms with E-state index < -0.39 is 0 Å². The van der Waals surface area contributed by atoms with E-state index in [1.165, 1.54) is 12.1 Å². The van der Waals surface area contributed by atoms with Gasteiger partial charge in [-0.05, 0) is 24.3 Å². The van der Waals surface area contributed by atoms with Crippen molar-refractivity contribution in [2.75, 3.05) is 77.4 Å². The van der Waals surface area contributed by atoms with Gasteiger partial charge in [-0.2, -0.15) is 0 Å². The maximum absolute atomic E-state index is 13.1. The van der Waals surface area contributed by atoms with Crippen LogP contribution in [0.15, 0.2) is 46.1 Å². The summed E-state index contributed by atoms with van der Waals surface area (Å²) in [4.78, 5) is 14.0. The fourth-order valence-corrected chi connectivity index (χ4v) is 4.21. The van der Waals surface area contributed by atoms with Crippen LogP contribution >= 0.6 is 0 Å². The van der Waals surface area contributed by atoms with Crippen molar-refractivity contribution in [3.63, 3.8) is 0 Å². The Kier molecular flexibility index (Phi) is 7.37. The van der Waals surface area contributed by atoms with Crippen LogP contribution in [-0.2, 0) is 6.54 Å². The minimum atomic E-state index is -0.182. The highest BCUT2D eigenvalue weighted by atomic mass is 19.1. The molecule has 0 saturated carbocycles. The van der Waals surface area contributed by atoms with E-state index in [-0.39, 0.29) is 5.82 Å². The Morgan fingerprint density at radius 2 is 1.71 bits per heavy atom. The summed E-state index contributed by atoms with van der Waals surface area (Å²) in [5, 5.41) is 7.53. The highest BCUT2D eigenvalue weighted by Gasteiger charge is 2.21. The van der Waals surface area contributed by atoms with Gasteiger partial charge in [0.1, 0.15) is 12.1 Å². The topological polar surface area (TPSA) is 63.4 Å². The van der Waals surface area contributed by atoms with Gasteiger partial charge < -0.3 is 19.6 Å². The average Bonchev–Trinajstić information content (AvgIpc) is 3.32. The molecular weight excluding hydrogens is 397 g/mol. The lowest BCUT2D eigenvalue weighted by atomic mass is 10.2. The Morgan fingerprint density at radius 3 is 2.35 bits per heavy atom. The van der Waals surface area contributed by atoms with Gasteiger partial charge in [0, 0.05) is 90.8 Å². The summed E-state index contributed by atoms with van der Waals surface area (Å²) >= 11 is 0. The molecule has 2 aliphatic heterocycles. The largest absolute Gasteiger partial charge is 0.369 e. The SMILES string of the molecule is CN=C(NCCN1CCN(c2ccc(F)cc2)CC1)N1CCN(Cc2ccon2)CC1. The molecule has 2 aromatic rings. The molecule has 2 saturated heterocycles. The number of hydrogen-bond donors (Lipinski definition) is 1. The third kappa shape index (κ3) is 5.95. The molecule has 0 aliphatic carbocycles. The number of nitrogens with zero attached hydrogens (tertiary/aromatic N) is 6. The predicted octanol–water partition coefficient (Wildman–Crippen LogP) is 1.33. The second kappa shape index (κ2) is 10.6. The molecule has 1 N–H and O–H groups in total. The highest BCUT2D eigenvalue weighted by Crippen LogP contribution is 2.16. The van der Waals surface area contributed by atoms with Crippen LogP contribution in [0.1, 0.15) is 5.69 Å². The number of halogens is 1. The monoisotopic (exact) mass is 429 g/mol. The molecule has 0 bridgehead atoms. The summed E-state index contributed by atoms with van der Waals surface area (Å²) in [5.74, 6) is 0.796. The fraction of sp³-hybridized carbons (Fsp3) is 0.545. The molecule has 0 spiro atoms. The molecule has 0 atom stereocenters. The summed E-state index contributed by atoms with van der Waals surface area (Å²) < 4.78 is 18.0.